The summed E-state index contributed by atoms with van der Waals surface area (Å²) >= 11 is 0. The predicted octanol–water partition coefficient (Wildman–Crippen LogP) is 1.83. The minimum Gasteiger partial charge on any atom is -0.267 e. The minimum absolute atomic E-state index is 0.358. The van der Waals surface area contributed by atoms with Crippen LogP contribution in [0, 0.1) is 0 Å². The number of pyridine rings is 1. The molecule has 7 heteroatoms. The van der Waals surface area contributed by atoms with Gasteiger partial charge in [-0.15, -0.1) is 0 Å². The Morgan fingerprint density at radius 1 is 0.923 bits per heavy atom. The zero-order valence-corrected chi connectivity index (χ0v) is 14.0. The van der Waals surface area contributed by atoms with Gasteiger partial charge in [-0.3, -0.25) is 25.4 Å². The van der Waals surface area contributed by atoms with Crippen molar-refractivity contribution in [3.8, 4) is 5.69 Å². The molecular formula is C19H17N5O2. The number of aromatic nitrogens is 3. The molecule has 2 N–H and O–H groups in total. The molecule has 3 aromatic rings. The first kappa shape index (κ1) is 16.0. The average Bonchev–Trinajstić information content (AvgIpc) is 3.30. The first-order valence-corrected chi connectivity index (χ1v) is 8.41. The van der Waals surface area contributed by atoms with E-state index in [-0.39, 0.29) is 0 Å². The van der Waals surface area contributed by atoms with Crippen molar-refractivity contribution in [2.75, 3.05) is 0 Å². The fraction of sp³-hybridized carbons (Fsp3) is 0.158. The van der Waals surface area contributed by atoms with Gasteiger partial charge in [0.25, 0.3) is 11.8 Å². The molecule has 0 spiro atoms. The van der Waals surface area contributed by atoms with E-state index in [1.165, 1.54) is 12.4 Å². The number of amides is 2. The predicted molar refractivity (Wildman–Crippen MR) is 94.8 cm³/mol. The van der Waals surface area contributed by atoms with Gasteiger partial charge in [0.05, 0.1) is 5.69 Å². The Morgan fingerprint density at radius 3 is 2.42 bits per heavy atom. The fourth-order valence-corrected chi connectivity index (χ4v) is 3.15. The molecule has 0 fully saturated rings. The van der Waals surface area contributed by atoms with Gasteiger partial charge in [0, 0.05) is 29.2 Å². The molecule has 0 saturated carbocycles. The number of para-hydroxylation sites is 1. The van der Waals surface area contributed by atoms with Crippen LogP contribution < -0.4 is 10.9 Å². The van der Waals surface area contributed by atoms with E-state index in [2.05, 4.69) is 20.9 Å². The van der Waals surface area contributed by atoms with Gasteiger partial charge in [-0.05, 0) is 43.5 Å². The van der Waals surface area contributed by atoms with Gasteiger partial charge in [0.2, 0.25) is 0 Å². The van der Waals surface area contributed by atoms with Crippen LogP contribution in [-0.2, 0) is 12.8 Å². The maximum atomic E-state index is 12.6. The van der Waals surface area contributed by atoms with Crippen molar-refractivity contribution in [1.82, 2.24) is 25.6 Å². The minimum atomic E-state index is -0.416. The van der Waals surface area contributed by atoms with Crippen molar-refractivity contribution >= 4 is 11.8 Å². The van der Waals surface area contributed by atoms with Gasteiger partial charge >= 0.3 is 0 Å². The lowest BCUT2D eigenvalue weighted by molar-refractivity contribution is 0.0843. The Hall–Kier alpha value is -3.48. The molecular weight excluding hydrogens is 330 g/mol. The van der Waals surface area contributed by atoms with E-state index in [1.54, 1.807) is 12.1 Å². The van der Waals surface area contributed by atoms with Gasteiger partial charge in [-0.1, -0.05) is 18.2 Å². The van der Waals surface area contributed by atoms with Crippen molar-refractivity contribution in [3.63, 3.8) is 0 Å². The summed E-state index contributed by atoms with van der Waals surface area (Å²) in [5, 5.41) is 4.50. The third-order valence-electron chi connectivity index (χ3n) is 4.38. The van der Waals surface area contributed by atoms with E-state index in [0.717, 1.165) is 36.2 Å². The van der Waals surface area contributed by atoms with Crippen LogP contribution in [0.2, 0.25) is 0 Å². The highest BCUT2D eigenvalue weighted by Crippen LogP contribution is 2.27. The Kier molecular flexibility index (Phi) is 4.18. The van der Waals surface area contributed by atoms with Crippen LogP contribution in [-0.4, -0.2) is 26.6 Å². The smallest absolute Gasteiger partial charge is 0.267 e. The van der Waals surface area contributed by atoms with Crippen LogP contribution in [0.1, 0.15) is 38.5 Å². The summed E-state index contributed by atoms with van der Waals surface area (Å²) in [6, 6.07) is 12.9. The number of hydrogen-bond donors (Lipinski definition) is 2. The highest BCUT2D eigenvalue weighted by Gasteiger charge is 2.27. The van der Waals surface area contributed by atoms with Crippen LogP contribution in [0.5, 0.6) is 0 Å². The second-order valence-corrected chi connectivity index (χ2v) is 6.02. The molecule has 0 atom stereocenters. The van der Waals surface area contributed by atoms with Gasteiger partial charge in [0.1, 0.15) is 0 Å². The molecule has 1 aliphatic carbocycles. The molecule has 130 valence electrons. The van der Waals surface area contributed by atoms with Crippen molar-refractivity contribution in [2.24, 2.45) is 0 Å². The maximum absolute atomic E-state index is 12.6. The number of carbonyl (C=O) groups excluding carboxylic acids is 2. The second-order valence-electron chi connectivity index (χ2n) is 6.02. The van der Waals surface area contributed by atoms with Crippen LogP contribution >= 0.6 is 0 Å². The number of benzene rings is 1. The van der Waals surface area contributed by atoms with E-state index in [9.17, 15) is 9.59 Å². The highest BCUT2D eigenvalue weighted by molar-refractivity contribution is 5.99. The molecule has 0 radical (unpaired) electrons. The zero-order chi connectivity index (χ0) is 17.9. The lowest BCUT2D eigenvalue weighted by Gasteiger charge is -2.07. The van der Waals surface area contributed by atoms with E-state index >= 15 is 0 Å². The number of nitrogens with zero attached hydrogens (tertiary/aromatic N) is 3. The molecule has 0 bridgehead atoms. The van der Waals surface area contributed by atoms with Crippen molar-refractivity contribution in [2.45, 2.75) is 19.3 Å². The lowest BCUT2D eigenvalue weighted by Crippen LogP contribution is -2.42. The standard InChI is InChI=1S/C19H17N5O2/c25-18(13-9-11-20-12-10-13)21-22-19(26)17-15-7-4-8-16(15)24(23-17)14-5-2-1-3-6-14/h1-3,5-6,9-12H,4,7-8H2,(H,21,25)(H,22,26). The van der Waals surface area contributed by atoms with Crippen LogP contribution in [0.3, 0.4) is 0 Å². The van der Waals surface area contributed by atoms with Gasteiger partial charge in [-0.2, -0.15) is 5.10 Å². The zero-order valence-electron chi connectivity index (χ0n) is 14.0. The molecule has 1 aliphatic rings. The quantitative estimate of drug-likeness (QED) is 0.708. The Bertz CT molecular complexity index is 951. The molecule has 0 unspecified atom stereocenters. The number of rotatable bonds is 3. The topological polar surface area (TPSA) is 88.9 Å². The number of nitrogens with one attached hydrogen (secondary N) is 2. The van der Waals surface area contributed by atoms with Crippen LogP contribution in [0.25, 0.3) is 5.69 Å². The van der Waals surface area contributed by atoms with Crippen molar-refractivity contribution in [3.05, 3.63) is 77.4 Å². The van der Waals surface area contributed by atoms with E-state index < -0.39 is 11.8 Å². The number of carbonyl (C=O) groups is 2. The molecule has 7 nitrogen and oxygen atoms in total. The Balaban J connectivity index is 1.55. The first-order valence-electron chi connectivity index (χ1n) is 8.41. The number of hydrogen-bond acceptors (Lipinski definition) is 4. The van der Waals surface area contributed by atoms with Gasteiger partial charge in [-0.25, -0.2) is 4.68 Å². The van der Waals surface area contributed by atoms with Gasteiger partial charge in [0.15, 0.2) is 5.69 Å². The van der Waals surface area contributed by atoms with Crippen molar-refractivity contribution in [1.29, 1.82) is 0 Å². The summed E-state index contributed by atoms with van der Waals surface area (Å²) in [7, 11) is 0. The first-order chi connectivity index (χ1) is 12.7. The van der Waals surface area contributed by atoms with E-state index in [4.69, 9.17) is 0 Å². The molecule has 0 aliphatic heterocycles. The van der Waals surface area contributed by atoms with E-state index in [0.29, 0.717) is 11.3 Å². The largest absolute Gasteiger partial charge is 0.290 e. The molecule has 2 heterocycles. The lowest BCUT2D eigenvalue weighted by atomic mass is 10.2. The summed E-state index contributed by atoms with van der Waals surface area (Å²) in [4.78, 5) is 28.5. The normalized spacial score (nSPS) is 12.5. The Morgan fingerprint density at radius 2 is 1.65 bits per heavy atom. The molecule has 2 aromatic heterocycles. The fourth-order valence-electron chi connectivity index (χ4n) is 3.15. The van der Waals surface area contributed by atoms with Gasteiger partial charge < -0.3 is 0 Å². The molecule has 4 rings (SSSR count). The third kappa shape index (κ3) is 2.95. The molecule has 0 saturated heterocycles. The summed E-state index contributed by atoms with van der Waals surface area (Å²) < 4.78 is 1.82. The molecule has 26 heavy (non-hydrogen) atoms. The third-order valence-corrected chi connectivity index (χ3v) is 4.38. The van der Waals surface area contributed by atoms with Crippen LogP contribution in [0.15, 0.2) is 54.9 Å². The summed E-state index contributed by atoms with van der Waals surface area (Å²) in [6.45, 7) is 0. The average molecular weight is 347 g/mol. The number of hydrazine groups is 1. The van der Waals surface area contributed by atoms with Crippen LogP contribution in [0.4, 0.5) is 0 Å². The molecule has 1 aromatic carbocycles. The van der Waals surface area contributed by atoms with E-state index in [1.807, 2.05) is 35.0 Å². The summed E-state index contributed by atoms with van der Waals surface area (Å²) in [6.07, 6.45) is 5.72. The second kappa shape index (κ2) is 6.79. The molecule has 2 amide bonds. The maximum Gasteiger partial charge on any atom is 0.290 e. The Labute approximate surface area is 150 Å². The van der Waals surface area contributed by atoms with Crippen molar-refractivity contribution < 1.29 is 9.59 Å². The highest BCUT2D eigenvalue weighted by atomic mass is 16.2. The number of fused-ring (bicyclic) bond motifs is 1. The monoisotopic (exact) mass is 347 g/mol. The SMILES string of the molecule is O=C(NNC(=O)c1nn(-c2ccccc2)c2c1CCC2)c1ccncc1. The summed E-state index contributed by atoms with van der Waals surface area (Å²) in [5.41, 5.74) is 8.58. The summed E-state index contributed by atoms with van der Waals surface area (Å²) in [5.74, 6) is -0.819.